The van der Waals surface area contributed by atoms with E-state index in [1.165, 1.54) is 19.3 Å². The largest absolute Gasteiger partial charge is 0.480 e. The van der Waals surface area contributed by atoms with Gasteiger partial charge in [0.1, 0.15) is 6.54 Å². The number of nitrogens with zero attached hydrogens (tertiary/aromatic N) is 1. The number of carboxylic acid groups (broad SMARTS) is 1. The van der Waals surface area contributed by atoms with Crippen LogP contribution in [0.4, 0.5) is 5.69 Å². The normalized spacial score (nSPS) is 22.8. The van der Waals surface area contributed by atoms with Gasteiger partial charge in [-0.05, 0) is 43.2 Å². The van der Waals surface area contributed by atoms with Gasteiger partial charge in [-0.1, -0.05) is 44.9 Å². The van der Waals surface area contributed by atoms with Crippen LogP contribution < -0.4 is 4.90 Å². The van der Waals surface area contributed by atoms with Crippen molar-refractivity contribution in [3.05, 3.63) is 30.3 Å². The summed E-state index contributed by atoms with van der Waals surface area (Å²) >= 11 is 0. The minimum atomic E-state index is -0.747. The van der Waals surface area contributed by atoms with Crippen LogP contribution in [0.25, 0.3) is 0 Å². The Morgan fingerprint density at radius 1 is 1.19 bits per heavy atom. The maximum atomic E-state index is 11.2. The van der Waals surface area contributed by atoms with E-state index in [1.54, 1.807) is 0 Å². The molecule has 1 aromatic rings. The van der Waals surface area contributed by atoms with Crippen molar-refractivity contribution in [3.8, 4) is 0 Å². The summed E-state index contributed by atoms with van der Waals surface area (Å²) in [5.41, 5.74) is 1.04. The number of carbonyl (C=O) groups is 1. The highest BCUT2D eigenvalue weighted by Gasteiger charge is 2.26. The Hall–Kier alpha value is -1.51. The van der Waals surface area contributed by atoms with Crippen molar-refractivity contribution >= 4 is 11.7 Å². The summed E-state index contributed by atoms with van der Waals surface area (Å²) in [5.74, 6) is 0.773. The Labute approximate surface area is 128 Å². The van der Waals surface area contributed by atoms with Crippen LogP contribution in [0.3, 0.4) is 0 Å². The molecule has 1 aliphatic rings. The second kappa shape index (κ2) is 7.48. The zero-order valence-corrected chi connectivity index (χ0v) is 13.2. The van der Waals surface area contributed by atoms with Gasteiger partial charge in [0, 0.05) is 11.7 Å². The van der Waals surface area contributed by atoms with Gasteiger partial charge in [0.25, 0.3) is 0 Å². The molecule has 1 saturated carbocycles. The van der Waals surface area contributed by atoms with Gasteiger partial charge in [-0.15, -0.1) is 0 Å². The molecule has 2 unspecified atom stereocenters. The number of hydrogen-bond donors (Lipinski definition) is 1. The molecule has 0 spiro atoms. The van der Waals surface area contributed by atoms with Crippen molar-refractivity contribution in [2.45, 2.75) is 52.0 Å². The lowest BCUT2D eigenvalue weighted by Crippen LogP contribution is -2.39. The zero-order valence-electron chi connectivity index (χ0n) is 13.2. The zero-order chi connectivity index (χ0) is 15.2. The third-order valence-electron chi connectivity index (χ3n) is 4.76. The standard InChI is InChI=1S/C18H27NO2/c1-14(2)15-7-6-10-17(12-11-15)19(13-18(20)21)16-8-4-3-5-9-16/h3-5,8-9,14-15,17H,6-7,10-13H2,1-2H3,(H,20,21). The molecule has 0 heterocycles. The van der Waals surface area contributed by atoms with E-state index < -0.39 is 5.97 Å². The lowest BCUT2D eigenvalue weighted by atomic mass is 9.89. The minimum absolute atomic E-state index is 0.0982. The second-order valence-corrected chi connectivity index (χ2v) is 6.52. The van der Waals surface area contributed by atoms with Gasteiger partial charge >= 0.3 is 5.97 Å². The molecule has 3 heteroatoms. The number of carboxylic acids is 1. The molecule has 116 valence electrons. The first-order valence-electron chi connectivity index (χ1n) is 8.11. The third-order valence-corrected chi connectivity index (χ3v) is 4.76. The molecule has 2 rings (SSSR count). The number of rotatable bonds is 5. The van der Waals surface area contributed by atoms with Crippen molar-refractivity contribution in [1.82, 2.24) is 0 Å². The maximum absolute atomic E-state index is 11.2. The summed E-state index contributed by atoms with van der Waals surface area (Å²) in [6, 6.07) is 10.3. The number of para-hydroxylation sites is 1. The smallest absolute Gasteiger partial charge is 0.323 e. The monoisotopic (exact) mass is 289 g/mol. The summed E-state index contributed by atoms with van der Waals surface area (Å²) < 4.78 is 0. The fraction of sp³-hybridized carbons (Fsp3) is 0.611. The van der Waals surface area contributed by atoms with Crippen LogP contribution in [0.1, 0.15) is 46.0 Å². The van der Waals surface area contributed by atoms with Crippen LogP contribution in [-0.4, -0.2) is 23.7 Å². The number of benzene rings is 1. The predicted octanol–water partition coefficient (Wildman–Crippen LogP) is 4.18. The molecule has 1 N–H and O–H groups in total. The first-order valence-corrected chi connectivity index (χ1v) is 8.11. The number of anilines is 1. The van der Waals surface area contributed by atoms with Gasteiger partial charge in [0.2, 0.25) is 0 Å². The minimum Gasteiger partial charge on any atom is -0.480 e. The van der Waals surface area contributed by atoms with Crippen LogP contribution in [0.15, 0.2) is 30.3 Å². The fourth-order valence-corrected chi connectivity index (χ4v) is 3.49. The molecular weight excluding hydrogens is 262 g/mol. The molecule has 21 heavy (non-hydrogen) atoms. The Kier molecular flexibility index (Phi) is 5.66. The highest BCUT2D eigenvalue weighted by atomic mass is 16.4. The van der Waals surface area contributed by atoms with E-state index in [9.17, 15) is 9.90 Å². The van der Waals surface area contributed by atoms with Gasteiger partial charge in [-0.2, -0.15) is 0 Å². The molecule has 1 aliphatic carbocycles. The number of hydrogen-bond acceptors (Lipinski definition) is 2. The molecule has 2 atom stereocenters. The Bertz CT molecular complexity index is 444. The van der Waals surface area contributed by atoms with Crippen LogP contribution in [0.2, 0.25) is 0 Å². The topological polar surface area (TPSA) is 40.5 Å². The molecule has 3 nitrogen and oxygen atoms in total. The molecule has 0 bridgehead atoms. The third kappa shape index (κ3) is 4.48. The Balaban J connectivity index is 2.12. The maximum Gasteiger partial charge on any atom is 0.323 e. The van der Waals surface area contributed by atoms with Gasteiger partial charge in [0.15, 0.2) is 0 Å². The quantitative estimate of drug-likeness (QED) is 0.827. The molecular formula is C18H27NO2. The summed E-state index contributed by atoms with van der Waals surface area (Å²) in [6.45, 7) is 4.70. The first kappa shape index (κ1) is 15.9. The van der Waals surface area contributed by atoms with E-state index in [-0.39, 0.29) is 6.54 Å². The Morgan fingerprint density at radius 2 is 1.90 bits per heavy atom. The highest BCUT2D eigenvalue weighted by molar-refractivity contribution is 5.74. The summed E-state index contributed by atoms with van der Waals surface area (Å²) in [4.78, 5) is 13.3. The molecule has 0 aliphatic heterocycles. The lowest BCUT2D eigenvalue weighted by molar-refractivity contribution is -0.135. The van der Waals surface area contributed by atoms with E-state index in [0.29, 0.717) is 6.04 Å². The van der Waals surface area contributed by atoms with Crippen LogP contribution >= 0.6 is 0 Å². The van der Waals surface area contributed by atoms with E-state index in [1.807, 2.05) is 30.3 Å². The van der Waals surface area contributed by atoms with Gasteiger partial charge in [-0.3, -0.25) is 4.79 Å². The van der Waals surface area contributed by atoms with E-state index in [0.717, 1.165) is 30.4 Å². The SMILES string of the molecule is CC(C)C1CCCC(N(CC(=O)O)c2ccccc2)CC1. The molecule has 0 aromatic heterocycles. The van der Waals surface area contributed by atoms with Gasteiger partial charge in [0.05, 0.1) is 0 Å². The second-order valence-electron chi connectivity index (χ2n) is 6.52. The molecule has 0 radical (unpaired) electrons. The average molecular weight is 289 g/mol. The van der Waals surface area contributed by atoms with E-state index >= 15 is 0 Å². The van der Waals surface area contributed by atoms with E-state index in [4.69, 9.17) is 0 Å². The fourth-order valence-electron chi connectivity index (χ4n) is 3.49. The summed E-state index contributed by atoms with van der Waals surface area (Å²) in [5, 5.41) is 9.24. The van der Waals surface area contributed by atoms with Crippen molar-refractivity contribution in [1.29, 1.82) is 0 Å². The van der Waals surface area contributed by atoms with Gasteiger partial charge in [-0.25, -0.2) is 0 Å². The van der Waals surface area contributed by atoms with E-state index in [2.05, 4.69) is 18.7 Å². The first-order chi connectivity index (χ1) is 10.1. The summed E-state index contributed by atoms with van der Waals surface area (Å²) in [6.07, 6.45) is 5.90. The van der Waals surface area contributed by atoms with Crippen molar-refractivity contribution in [2.24, 2.45) is 11.8 Å². The molecule has 0 amide bonds. The summed E-state index contributed by atoms with van der Waals surface area (Å²) in [7, 11) is 0. The van der Waals surface area contributed by atoms with Crippen molar-refractivity contribution in [2.75, 3.05) is 11.4 Å². The Morgan fingerprint density at radius 3 is 2.52 bits per heavy atom. The average Bonchev–Trinajstić information content (AvgIpc) is 2.71. The van der Waals surface area contributed by atoms with Crippen molar-refractivity contribution < 1.29 is 9.90 Å². The van der Waals surface area contributed by atoms with Crippen LogP contribution in [0, 0.1) is 11.8 Å². The van der Waals surface area contributed by atoms with Gasteiger partial charge < -0.3 is 10.0 Å². The number of aliphatic carboxylic acids is 1. The lowest BCUT2D eigenvalue weighted by Gasteiger charge is -2.32. The van der Waals surface area contributed by atoms with Crippen LogP contribution in [-0.2, 0) is 4.79 Å². The molecule has 1 aromatic carbocycles. The molecule has 0 saturated heterocycles. The van der Waals surface area contributed by atoms with Crippen LogP contribution in [0.5, 0.6) is 0 Å². The predicted molar refractivity (Wildman–Crippen MR) is 86.6 cm³/mol. The highest BCUT2D eigenvalue weighted by Crippen LogP contribution is 2.32. The molecule has 1 fully saturated rings. The van der Waals surface area contributed by atoms with Crippen molar-refractivity contribution in [3.63, 3.8) is 0 Å².